The molecule has 0 fully saturated rings. The van der Waals surface area contributed by atoms with E-state index in [1.807, 2.05) is 0 Å². The number of fused-ring (bicyclic) bond motifs is 2. The van der Waals surface area contributed by atoms with Crippen molar-refractivity contribution in [2.45, 2.75) is 48.0 Å². The molecule has 32 heavy (non-hydrogen) atoms. The zero-order valence-corrected chi connectivity index (χ0v) is 23.5. The van der Waals surface area contributed by atoms with Gasteiger partial charge in [0.1, 0.15) is 0 Å². The molecule has 0 bridgehead atoms. The summed E-state index contributed by atoms with van der Waals surface area (Å²) >= 11 is -1.89. The van der Waals surface area contributed by atoms with Gasteiger partial charge in [-0.1, -0.05) is 0 Å². The van der Waals surface area contributed by atoms with E-state index in [0.717, 1.165) is 3.63 Å². The molecule has 160 valence electrons. The Balaban J connectivity index is 1.69. The monoisotopic (exact) mass is 510 g/mol. The van der Waals surface area contributed by atoms with Crippen molar-refractivity contribution >= 4 is 21.8 Å². The fourth-order valence-electron chi connectivity index (χ4n) is 5.82. The summed E-state index contributed by atoms with van der Waals surface area (Å²) in [5.41, 5.74) is 12.1. The summed E-state index contributed by atoms with van der Waals surface area (Å²) in [6.45, 7) is 14.8. The number of benzene rings is 3. The van der Waals surface area contributed by atoms with E-state index in [4.69, 9.17) is 0 Å². The fraction of sp³-hybridized carbons (Fsp3) is 0.267. The van der Waals surface area contributed by atoms with E-state index in [0.29, 0.717) is 3.63 Å². The second-order valence-electron chi connectivity index (χ2n) is 9.71. The van der Waals surface area contributed by atoms with Gasteiger partial charge in [0.05, 0.1) is 0 Å². The normalized spacial score (nSPS) is 18.4. The Kier molecular flexibility index (Phi) is 5.89. The van der Waals surface area contributed by atoms with Gasteiger partial charge in [0.2, 0.25) is 0 Å². The summed E-state index contributed by atoms with van der Waals surface area (Å²) in [4.78, 5) is 0. The Labute approximate surface area is 201 Å². The SMILES string of the molecule is CC1=C(C)[CH]([Zr]([CH]2C=C(c3ccc4ccccc4c3)c3ccccc32)=[Si](C)C)C(C)=C1C. The average molecular weight is 512 g/mol. The number of hydrogen-bond donors (Lipinski definition) is 0. The van der Waals surface area contributed by atoms with E-state index in [9.17, 15) is 0 Å². The second kappa shape index (κ2) is 8.54. The zero-order valence-electron chi connectivity index (χ0n) is 20.1. The third kappa shape index (κ3) is 3.51. The maximum absolute atomic E-state index is 2.70. The molecule has 2 aliphatic rings. The van der Waals surface area contributed by atoms with Crippen molar-refractivity contribution in [3.63, 3.8) is 0 Å². The van der Waals surface area contributed by atoms with E-state index in [1.165, 1.54) is 27.5 Å². The molecular formula is C30H32SiZr. The zero-order chi connectivity index (χ0) is 22.6. The fourth-order valence-corrected chi connectivity index (χ4v) is 26.4. The molecule has 0 heterocycles. The molecule has 1 unspecified atom stereocenters. The standard InChI is InChI=1S/C19H13.C9H13.C2H6Si.Zr/c1-2-7-16-13-17(10-9-14(16)5-1)19-12-11-15-6-3-4-8-18(15)19;1-6-5-7(2)9(4)8(6)3;1-3-2;/h1-13H;5H,1-4H3;1-2H3;. The van der Waals surface area contributed by atoms with E-state index in [1.54, 1.807) is 27.9 Å². The van der Waals surface area contributed by atoms with Gasteiger partial charge >= 0.3 is 202 Å². The van der Waals surface area contributed by atoms with Crippen LogP contribution >= 0.6 is 0 Å². The molecule has 0 nitrogen and oxygen atoms in total. The van der Waals surface area contributed by atoms with Crippen LogP contribution in [0.3, 0.4) is 0 Å². The number of allylic oxidation sites excluding steroid dienone is 5. The Morgan fingerprint density at radius 2 is 1.34 bits per heavy atom. The molecule has 0 amide bonds. The van der Waals surface area contributed by atoms with Crippen molar-refractivity contribution in [2.24, 2.45) is 0 Å². The first kappa shape index (κ1) is 22.1. The molecule has 2 aliphatic carbocycles. The Morgan fingerprint density at radius 3 is 2.03 bits per heavy atom. The molecule has 2 heteroatoms. The maximum atomic E-state index is 2.70. The molecule has 0 aromatic heterocycles. The second-order valence-corrected chi connectivity index (χ2v) is 27.7. The molecule has 0 saturated heterocycles. The van der Waals surface area contributed by atoms with Crippen molar-refractivity contribution < 1.29 is 20.4 Å². The van der Waals surface area contributed by atoms with Crippen LogP contribution in [-0.4, -0.2) is 5.43 Å². The van der Waals surface area contributed by atoms with Gasteiger partial charge in [-0.2, -0.15) is 0 Å². The molecule has 0 spiro atoms. The minimum atomic E-state index is -1.89. The topological polar surface area (TPSA) is 0 Å². The molecule has 5 rings (SSSR count). The first-order valence-corrected chi connectivity index (χ1v) is 20.7. The van der Waals surface area contributed by atoms with Crippen LogP contribution in [0.15, 0.2) is 95.1 Å². The molecule has 3 aromatic carbocycles. The van der Waals surface area contributed by atoms with Gasteiger partial charge in [-0.25, -0.2) is 0 Å². The first-order valence-electron chi connectivity index (χ1n) is 11.7. The van der Waals surface area contributed by atoms with Crippen LogP contribution in [0.1, 0.15) is 48.0 Å². The minimum absolute atomic E-state index is 0.347. The molecule has 0 aliphatic heterocycles. The first-order chi connectivity index (χ1) is 15.4. The van der Waals surface area contributed by atoms with Crippen LogP contribution in [0, 0.1) is 0 Å². The van der Waals surface area contributed by atoms with Crippen molar-refractivity contribution in [2.75, 3.05) is 0 Å². The van der Waals surface area contributed by atoms with Crippen LogP contribution in [0.25, 0.3) is 16.3 Å². The summed E-state index contributed by atoms with van der Waals surface area (Å²) in [6, 6.07) is 25.0. The third-order valence-corrected chi connectivity index (χ3v) is 27.5. The van der Waals surface area contributed by atoms with E-state index >= 15 is 0 Å². The van der Waals surface area contributed by atoms with Gasteiger partial charge in [0, 0.05) is 0 Å². The molecule has 0 N–H and O–H groups in total. The number of rotatable bonds is 3. The quantitative estimate of drug-likeness (QED) is 0.309. The van der Waals surface area contributed by atoms with Crippen molar-refractivity contribution in [1.82, 2.24) is 0 Å². The summed E-state index contributed by atoms with van der Waals surface area (Å²) in [7, 11) is 0. The van der Waals surface area contributed by atoms with Crippen molar-refractivity contribution in [3.05, 3.63) is 112 Å². The van der Waals surface area contributed by atoms with Crippen LogP contribution in [0.5, 0.6) is 0 Å². The molecular weight excluding hydrogens is 480 g/mol. The predicted molar refractivity (Wildman–Crippen MR) is 138 cm³/mol. The number of hydrogen-bond acceptors (Lipinski definition) is 0. The Bertz CT molecular complexity index is 1350. The third-order valence-electron chi connectivity index (χ3n) is 7.81. The van der Waals surface area contributed by atoms with Gasteiger partial charge in [-0.15, -0.1) is 0 Å². The molecule has 0 saturated carbocycles. The van der Waals surface area contributed by atoms with Gasteiger partial charge in [0.25, 0.3) is 0 Å². The van der Waals surface area contributed by atoms with E-state index in [-0.39, 0.29) is 5.43 Å². The summed E-state index contributed by atoms with van der Waals surface area (Å²) < 4.78 is 1.44. The van der Waals surface area contributed by atoms with Gasteiger partial charge < -0.3 is 0 Å². The summed E-state index contributed by atoms with van der Waals surface area (Å²) in [6.07, 6.45) is 2.70. The summed E-state index contributed by atoms with van der Waals surface area (Å²) in [5.74, 6) is 0. The molecule has 1 atom stereocenters. The Morgan fingerprint density at radius 1 is 0.719 bits per heavy atom. The predicted octanol–water partition coefficient (Wildman–Crippen LogP) is 8.67. The average Bonchev–Trinajstić information content (AvgIpc) is 3.26. The van der Waals surface area contributed by atoms with E-state index in [2.05, 4.69) is 114 Å². The van der Waals surface area contributed by atoms with Crippen LogP contribution in [0.4, 0.5) is 0 Å². The van der Waals surface area contributed by atoms with Gasteiger partial charge in [-0.3, -0.25) is 0 Å². The van der Waals surface area contributed by atoms with Crippen LogP contribution in [-0.2, 0) is 20.4 Å². The van der Waals surface area contributed by atoms with E-state index < -0.39 is 20.4 Å². The Hall–Kier alpha value is -1.76. The van der Waals surface area contributed by atoms with Gasteiger partial charge in [-0.05, 0) is 0 Å². The van der Waals surface area contributed by atoms with Crippen LogP contribution < -0.4 is 0 Å². The van der Waals surface area contributed by atoms with Crippen molar-refractivity contribution in [1.29, 1.82) is 0 Å². The summed E-state index contributed by atoms with van der Waals surface area (Å²) in [5, 5.41) is 2.66. The van der Waals surface area contributed by atoms with Crippen molar-refractivity contribution in [3.8, 4) is 0 Å². The molecule has 0 radical (unpaired) electrons. The molecule has 3 aromatic rings. The van der Waals surface area contributed by atoms with Crippen LogP contribution in [0.2, 0.25) is 16.7 Å². The van der Waals surface area contributed by atoms with Gasteiger partial charge in [0.15, 0.2) is 0 Å².